The molecule has 0 aliphatic carbocycles. The first-order chi connectivity index (χ1) is 12.1. The first-order valence-corrected chi connectivity index (χ1v) is 7.91. The van der Waals surface area contributed by atoms with Crippen LogP contribution in [0.3, 0.4) is 0 Å². The van der Waals surface area contributed by atoms with Crippen LogP contribution in [-0.2, 0) is 4.79 Å². The molecular weight excluding hydrogens is 322 g/mol. The molecule has 0 radical (unpaired) electrons. The van der Waals surface area contributed by atoms with Crippen molar-refractivity contribution in [2.45, 2.75) is 18.9 Å². The third-order valence-electron chi connectivity index (χ3n) is 4.20. The Bertz CT molecular complexity index is 817. The lowest BCUT2D eigenvalue weighted by atomic mass is 10.1. The summed E-state index contributed by atoms with van der Waals surface area (Å²) in [5, 5.41) is 9.70. The van der Waals surface area contributed by atoms with Crippen LogP contribution in [0.25, 0.3) is 0 Å². The van der Waals surface area contributed by atoms with Crippen LogP contribution < -0.4 is 9.64 Å². The van der Waals surface area contributed by atoms with Gasteiger partial charge in [0.1, 0.15) is 24.4 Å². The molecular formula is C19H17NO5. The Morgan fingerprint density at radius 1 is 1.16 bits per heavy atom. The summed E-state index contributed by atoms with van der Waals surface area (Å²) in [4.78, 5) is 36.0. The van der Waals surface area contributed by atoms with Crippen LogP contribution >= 0.6 is 0 Å². The molecule has 1 aliphatic rings. The molecule has 1 N–H and O–H groups in total. The average Bonchev–Trinajstić information content (AvgIpc) is 3.00. The third-order valence-corrected chi connectivity index (χ3v) is 4.20. The molecule has 0 unspecified atom stereocenters. The van der Waals surface area contributed by atoms with E-state index in [1.807, 2.05) is 0 Å². The summed E-state index contributed by atoms with van der Waals surface area (Å²) in [6, 6.07) is 11.2. The fourth-order valence-electron chi connectivity index (χ4n) is 2.97. The van der Waals surface area contributed by atoms with Crippen LogP contribution in [0.5, 0.6) is 11.5 Å². The molecule has 6 heteroatoms. The van der Waals surface area contributed by atoms with Gasteiger partial charge in [-0.1, -0.05) is 18.2 Å². The van der Waals surface area contributed by atoms with Gasteiger partial charge in [0.25, 0.3) is 0 Å². The predicted molar refractivity (Wildman–Crippen MR) is 91.3 cm³/mol. The van der Waals surface area contributed by atoms with Gasteiger partial charge in [0.05, 0.1) is 11.6 Å². The topological polar surface area (TPSA) is 83.9 Å². The van der Waals surface area contributed by atoms with Crippen LogP contribution in [0.4, 0.5) is 5.69 Å². The summed E-state index contributed by atoms with van der Waals surface area (Å²) in [6.45, 7) is 0.182. The maximum Gasteiger partial charge on any atom is 0.227 e. The van der Waals surface area contributed by atoms with E-state index in [1.165, 1.54) is 6.07 Å². The lowest BCUT2D eigenvalue weighted by Crippen LogP contribution is -2.37. The molecule has 1 heterocycles. The van der Waals surface area contributed by atoms with E-state index in [-0.39, 0.29) is 35.6 Å². The van der Waals surface area contributed by atoms with Crippen LogP contribution in [0.15, 0.2) is 42.5 Å². The predicted octanol–water partition coefficient (Wildman–Crippen LogP) is 2.59. The number of nitrogens with zero attached hydrogens (tertiary/aromatic N) is 1. The highest BCUT2D eigenvalue weighted by atomic mass is 16.5. The smallest absolute Gasteiger partial charge is 0.227 e. The molecule has 2 aromatic rings. The SMILES string of the molecule is O=Cc1cccc(N2C(=O)CC[C@H]2COc2cccc(O)c2C=O)c1. The first-order valence-electron chi connectivity index (χ1n) is 7.91. The maximum atomic E-state index is 12.3. The van der Waals surface area contributed by atoms with Crippen molar-refractivity contribution in [3.05, 3.63) is 53.6 Å². The maximum absolute atomic E-state index is 12.3. The normalized spacial score (nSPS) is 16.7. The number of aromatic hydroxyl groups is 1. The summed E-state index contributed by atoms with van der Waals surface area (Å²) >= 11 is 0. The summed E-state index contributed by atoms with van der Waals surface area (Å²) in [7, 11) is 0. The number of phenols is 1. The highest BCUT2D eigenvalue weighted by Crippen LogP contribution is 2.30. The summed E-state index contributed by atoms with van der Waals surface area (Å²) < 4.78 is 5.69. The van der Waals surface area contributed by atoms with Crippen LogP contribution in [0.1, 0.15) is 33.6 Å². The van der Waals surface area contributed by atoms with Crippen LogP contribution in [0, 0.1) is 0 Å². The number of carbonyl (C=O) groups excluding carboxylic acids is 3. The molecule has 0 spiro atoms. The highest BCUT2D eigenvalue weighted by Gasteiger charge is 2.33. The number of phenolic OH excluding ortho intramolecular Hbond substituents is 1. The van der Waals surface area contributed by atoms with Gasteiger partial charge in [-0.25, -0.2) is 0 Å². The Balaban J connectivity index is 1.80. The van der Waals surface area contributed by atoms with Crippen LogP contribution in [-0.4, -0.2) is 36.2 Å². The molecule has 1 amide bonds. The molecule has 1 aliphatic heterocycles. The average molecular weight is 339 g/mol. The van der Waals surface area contributed by atoms with E-state index in [4.69, 9.17) is 4.74 Å². The largest absolute Gasteiger partial charge is 0.507 e. The number of ether oxygens (including phenoxy) is 1. The molecule has 0 bridgehead atoms. The van der Waals surface area contributed by atoms with E-state index in [0.29, 0.717) is 30.4 Å². The molecule has 1 saturated heterocycles. The third kappa shape index (κ3) is 3.38. The molecule has 0 aromatic heterocycles. The molecule has 25 heavy (non-hydrogen) atoms. The van der Waals surface area contributed by atoms with Gasteiger partial charge in [-0.3, -0.25) is 14.4 Å². The Kier molecular flexibility index (Phi) is 4.79. The number of benzene rings is 2. The summed E-state index contributed by atoms with van der Waals surface area (Å²) in [5.41, 5.74) is 1.22. The molecule has 1 atom stereocenters. The Morgan fingerprint density at radius 2 is 1.96 bits per heavy atom. The molecule has 6 nitrogen and oxygen atoms in total. The number of rotatable bonds is 6. The van der Waals surface area contributed by atoms with Gasteiger partial charge >= 0.3 is 0 Å². The van der Waals surface area contributed by atoms with E-state index < -0.39 is 0 Å². The van der Waals surface area contributed by atoms with Gasteiger partial charge in [-0.2, -0.15) is 0 Å². The Hall–Kier alpha value is -3.15. The quantitative estimate of drug-likeness (QED) is 0.818. The number of hydrogen-bond acceptors (Lipinski definition) is 5. The second-order valence-corrected chi connectivity index (χ2v) is 5.79. The first kappa shape index (κ1) is 16.7. The fourth-order valence-corrected chi connectivity index (χ4v) is 2.97. The second kappa shape index (κ2) is 7.17. The number of aldehydes is 2. The number of hydrogen-bond donors (Lipinski definition) is 1. The molecule has 1 fully saturated rings. The molecule has 3 rings (SSSR count). The van der Waals surface area contributed by atoms with Gasteiger partial charge in [-0.15, -0.1) is 0 Å². The molecule has 128 valence electrons. The fraction of sp³-hybridized carbons (Fsp3) is 0.211. The zero-order valence-electron chi connectivity index (χ0n) is 13.4. The zero-order valence-corrected chi connectivity index (χ0v) is 13.4. The minimum Gasteiger partial charge on any atom is -0.507 e. The Labute approximate surface area is 144 Å². The highest BCUT2D eigenvalue weighted by molar-refractivity contribution is 5.97. The van der Waals surface area contributed by atoms with E-state index in [9.17, 15) is 19.5 Å². The number of carbonyl (C=O) groups is 3. The van der Waals surface area contributed by atoms with E-state index in [1.54, 1.807) is 41.3 Å². The number of anilines is 1. The number of amides is 1. The van der Waals surface area contributed by atoms with Crippen molar-refractivity contribution in [2.75, 3.05) is 11.5 Å². The van der Waals surface area contributed by atoms with Crippen molar-refractivity contribution in [3.8, 4) is 11.5 Å². The second-order valence-electron chi connectivity index (χ2n) is 5.79. The standard InChI is InChI=1S/C19H17NO5/c21-10-13-3-1-4-14(9-13)20-15(7-8-19(20)24)12-25-18-6-2-5-17(23)16(18)11-22/h1-6,9-11,15,23H,7-8,12H2/t15-/m0/s1. The van der Waals surface area contributed by atoms with Gasteiger partial charge in [0, 0.05) is 17.7 Å². The lowest BCUT2D eigenvalue weighted by molar-refractivity contribution is -0.117. The van der Waals surface area contributed by atoms with Crippen molar-refractivity contribution >= 4 is 24.2 Å². The van der Waals surface area contributed by atoms with E-state index >= 15 is 0 Å². The Morgan fingerprint density at radius 3 is 2.72 bits per heavy atom. The van der Waals surface area contributed by atoms with Crippen molar-refractivity contribution < 1.29 is 24.2 Å². The van der Waals surface area contributed by atoms with Gasteiger partial charge < -0.3 is 14.7 Å². The summed E-state index contributed by atoms with van der Waals surface area (Å²) in [5.74, 6) is 0.0876. The minimum absolute atomic E-state index is 0.0387. The lowest BCUT2D eigenvalue weighted by Gasteiger charge is -2.25. The van der Waals surface area contributed by atoms with Crippen molar-refractivity contribution in [3.63, 3.8) is 0 Å². The minimum atomic E-state index is -0.212. The summed E-state index contributed by atoms with van der Waals surface area (Å²) in [6.07, 6.45) is 2.27. The van der Waals surface area contributed by atoms with Crippen molar-refractivity contribution in [1.82, 2.24) is 0 Å². The molecule has 0 saturated carbocycles. The van der Waals surface area contributed by atoms with E-state index in [2.05, 4.69) is 0 Å². The van der Waals surface area contributed by atoms with Crippen molar-refractivity contribution in [2.24, 2.45) is 0 Å². The van der Waals surface area contributed by atoms with Gasteiger partial charge in [-0.05, 0) is 30.7 Å². The monoisotopic (exact) mass is 339 g/mol. The van der Waals surface area contributed by atoms with Crippen LogP contribution in [0.2, 0.25) is 0 Å². The molecule has 2 aromatic carbocycles. The van der Waals surface area contributed by atoms with Gasteiger partial charge in [0.2, 0.25) is 5.91 Å². The zero-order chi connectivity index (χ0) is 17.8. The van der Waals surface area contributed by atoms with Crippen molar-refractivity contribution in [1.29, 1.82) is 0 Å². The van der Waals surface area contributed by atoms with E-state index in [0.717, 1.165) is 6.29 Å². The van der Waals surface area contributed by atoms with Gasteiger partial charge in [0.15, 0.2) is 6.29 Å².